The second-order valence-corrected chi connectivity index (χ2v) is 6.34. The molecule has 0 bridgehead atoms. The third kappa shape index (κ3) is 2.80. The summed E-state index contributed by atoms with van der Waals surface area (Å²) < 4.78 is 0. The first-order valence-corrected chi connectivity index (χ1v) is 7.41. The Kier molecular flexibility index (Phi) is 3.29. The molecule has 0 saturated heterocycles. The van der Waals surface area contributed by atoms with Crippen LogP contribution >= 0.6 is 22.9 Å². The molecule has 3 nitrogen and oxygen atoms in total. The lowest BCUT2D eigenvalue weighted by Crippen LogP contribution is -2.11. The number of benzene rings is 1. The molecule has 0 radical (unpaired) electrons. The van der Waals surface area contributed by atoms with E-state index in [4.69, 9.17) is 22.7 Å². The molecule has 1 aliphatic rings. The molecule has 3 rings (SSSR count). The summed E-state index contributed by atoms with van der Waals surface area (Å²) in [6.07, 6.45) is 3.08. The van der Waals surface area contributed by atoms with Gasteiger partial charge < -0.3 is 5.73 Å². The second-order valence-electron chi connectivity index (χ2n) is 4.82. The van der Waals surface area contributed by atoms with Gasteiger partial charge in [-0.25, -0.2) is 4.98 Å². The molecule has 0 atom stereocenters. The molecule has 0 amide bonds. The van der Waals surface area contributed by atoms with Crippen LogP contribution in [0.3, 0.4) is 0 Å². The van der Waals surface area contributed by atoms with Crippen LogP contribution in [-0.2, 0) is 6.42 Å². The molecule has 19 heavy (non-hydrogen) atoms. The zero-order valence-corrected chi connectivity index (χ0v) is 11.9. The molecule has 0 aliphatic heterocycles. The molecule has 2 aromatic rings. The van der Waals surface area contributed by atoms with Gasteiger partial charge in [-0.1, -0.05) is 23.7 Å². The molecule has 0 spiro atoms. The van der Waals surface area contributed by atoms with Gasteiger partial charge in [0.2, 0.25) is 0 Å². The number of hydrogen-bond donors (Lipinski definition) is 2. The molecule has 1 aromatic heterocycles. The minimum Gasteiger partial charge on any atom is -0.383 e. The van der Waals surface area contributed by atoms with Crippen LogP contribution in [0.5, 0.6) is 0 Å². The summed E-state index contributed by atoms with van der Waals surface area (Å²) in [5, 5.41) is 9.40. The summed E-state index contributed by atoms with van der Waals surface area (Å²) >= 11 is 7.52. The van der Waals surface area contributed by atoms with E-state index in [-0.39, 0.29) is 5.84 Å². The van der Waals surface area contributed by atoms with Crippen LogP contribution in [0, 0.1) is 5.41 Å². The first kappa shape index (κ1) is 12.6. The third-order valence-electron chi connectivity index (χ3n) is 3.15. The maximum absolute atomic E-state index is 7.65. The predicted octanol–water partition coefficient (Wildman–Crippen LogP) is 3.55. The maximum atomic E-state index is 7.65. The average molecular weight is 292 g/mol. The van der Waals surface area contributed by atoms with E-state index in [2.05, 4.69) is 4.98 Å². The number of nitrogens with two attached hydrogens (primary N) is 1. The van der Waals surface area contributed by atoms with Crippen molar-refractivity contribution < 1.29 is 0 Å². The van der Waals surface area contributed by atoms with Gasteiger partial charge in [-0.3, -0.25) is 5.41 Å². The van der Waals surface area contributed by atoms with Gasteiger partial charge in [0.05, 0.1) is 15.6 Å². The number of hydrogen-bond acceptors (Lipinski definition) is 3. The number of nitrogen functional groups attached to an aromatic ring is 1. The van der Waals surface area contributed by atoms with E-state index < -0.39 is 0 Å². The number of rotatable bonds is 4. The number of amidine groups is 1. The van der Waals surface area contributed by atoms with Gasteiger partial charge in [0.15, 0.2) is 0 Å². The zero-order chi connectivity index (χ0) is 13.4. The Morgan fingerprint density at radius 3 is 2.89 bits per heavy atom. The fourth-order valence-corrected chi connectivity index (χ4v) is 3.36. The normalized spacial score (nSPS) is 14.6. The van der Waals surface area contributed by atoms with Gasteiger partial charge in [-0.15, -0.1) is 11.3 Å². The van der Waals surface area contributed by atoms with Crippen molar-refractivity contribution in [1.29, 1.82) is 5.41 Å². The summed E-state index contributed by atoms with van der Waals surface area (Å²) in [5.41, 5.74) is 7.80. The highest BCUT2D eigenvalue weighted by molar-refractivity contribution is 7.13. The van der Waals surface area contributed by atoms with E-state index in [9.17, 15) is 0 Å². The van der Waals surface area contributed by atoms with Gasteiger partial charge in [-0.05, 0) is 30.5 Å². The van der Waals surface area contributed by atoms with E-state index in [0.717, 1.165) is 32.6 Å². The predicted molar refractivity (Wildman–Crippen MR) is 79.4 cm³/mol. The zero-order valence-electron chi connectivity index (χ0n) is 10.3. The lowest BCUT2D eigenvalue weighted by molar-refractivity contribution is 1.00. The topological polar surface area (TPSA) is 62.8 Å². The highest BCUT2D eigenvalue weighted by Gasteiger charge is 2.30. The van der Waals surface area contributed by atoms with Crippen molar-refractivity contribution >= 4 is 28.8 Å². The van der Waals surface area contributed by atoms with Crippen molar-refractivity contribution in [3.8, 4) is 0 Å². The molecule has 5 heteroatoms. The van der Waals surface area contributed by atoms with Crippen molar-refractivity contribution in [2.75, 3.05) is 0 Å². The van der Waals surface area contributed by atoms with Crippen molar-refractivity contribution in [2.24, 2.45) is 5.73 Å². The maximum Gasteiger partial charge on any atom is 0.135 e. The second kappa shape index (κ2) is 4.94. The Balaban J connectivity index is 1.89. The largest absolute Gasteiger partial charge is 0.383 e. The molecular weight excluding hydrogens is 278 g/mol. The van der Waals surface area contributed by atoms with Gasteiger partial charge in [-0.2, -0.15) is 0 Å². The minimum atomic E-state index is 0.136. The minimum absolute atomic E-state index is 0.136. The summed E-state index contributed by atoms with van der Waals surface area (Å²) in [6, 6.07) is 7.80. The van der Waals surface area contributed by atoms with Gasteiger partial charge in [0.1, 0.15) is 5.84 Å². The van der Waals surface area contributed by atoms with Crippen molar-refractivity contribution in [3.63, 3.8) is 0 Å². The highest BCUT2D eigenvalue weighted by Crippen LogP contribution is 2.42. The van der Waals surface area contributed by atoms with Crippen molar-refractivity contribution in [3.05, 3.63) is 50.4 Å². The van der Waals surface area contributed by atoms with E-state index >= 15 is 0 Å². The average Bonchev–Trinajstić information content (AvgIpc) is 3.11. The van der Waals surface area contributed by atoms with Crippen LogP contribution in [0.2, 0.25) is 5.02 Å². The highest BCUT2D eigenvalue weighted by atomic mass is 35.5. The molecule has 1 saturated carbocycles. The molecule has 3 N–H and O–H groups in total. The molecule has 0 unspecified atom stereocenters. The molecular formula is C14H14ClN3S. The Labute approximate surface area is 120 Å². The number of aromatic nitrogens is 1. The lowest BCUT2D eigenvalue weighted by Gasteiger charge is -1.98. The number of thiazole rings is 1. The van der Waals surface area contributed by atoms with Crippen LogP contribution in [0.15, 0.2) is 24.3 Å². The summed E-state index contributed by atoms with van der Waals surface area (Å²) in [4.78, 5) is 5.52. The fourth-order valence-electron chi connectivity index (χ4n) is 2.10. The van der Waals surface area contributed by atoms with Crippen molar-refractivity contribution in [2.45, 2.75) is 25.2 Å². The Bertz CT molecular complexity index is 631. The van der Waals surface area contributed by atoms with Crippen molar-refractivity contribution in [1.82, 2.24) is 4.98 Å². The van der Waals surface area contributed by atoms with E-state index in [0.29, 0.717) is 5.92 Å². The molecule has 1 aromatic carbocycles. The Hall–Kier alpha value is -1.39. The number of nitrogens with zero attached hydrogens (tertiary/aromatic N) is 1. The van der Waals surface area contributed by atoms with Gasteiger partial charge in [0.25, 0.3) is 0 Å². The fraction of sp³-hybridized carbons (Fsp3) is 0.286. The van der Waals surface area contributed by atoms with E-state index in [1.807, 2.05) is 24.3 Å². The molecule has 1 heterocycles. The first-order chi connectivity index (χ1) is 9.13. The van der Waals surface area contributed by atoms with Crippen LogP contribution in [0.25, 0.3) is 0 Å². The number of halogens is 1. The van der Waals surface area contributed by atoms with Crippen LogP contribution in [0.1, 0.15) is 39.9 Å². The van der Waals surface area contributed by atoms with Crippen LogP contribution < -0.4 is 5.73 Å². The van der Waals surface area contributed by atoms with Gasteiger partial charge >= 0.3 is 0 Å². The smallest absolute Gasteiger partial charge is 0.135 e. The Morgan fingerprint density at radius 1 is 1.47 bits per heavy atom. The summed E-state index contributed by atoms with van der Waals surface area (Å²) in [5.74, 6) is 0.653. The van der Waals surface area contributed by atoms with Crippen LogP contribution in [-0.4, -0.2) is 10.8 Å². The first-order valence-electron chi connectivity index (χ1n) is 6.22. The monoisotopic (exact) mass is 291 g/mol. The third-order valence-corrected chi connectivity index (χ3v) is 4.49. The molecule has 1 fully saturated rings. The van der Waals surface area contributed by atoms with Crippen LogP contribution in [0.4, 0.5) is 0 Å². The van der Waals surface area contributed by atoms with Gasteiger partial charge in [0, 0.05) is 17.4 Å². The molecule has 1 aliphatic carbocycles. The Morgan fingerprint density at radius 2 is 2.26 bits per heavy atom. The standard InChI is InChI=1S/C14H14ClN3S/c15-10-3-1-2-8(6-10)7-11-18-12(9-4-5-9)13(19-11)14(16)17/h1-3,6,9H,4-5,7H2,(H3,16,17). The summed E-state index contributed by atoms with van der Waals surface area (Å²) in [6.45, 7) is 0. The van der Waals surface area contributed by atoms with E-state index in [1.54, 1.807) is 0 Å². The van der Waals surface area contributed by atoms with E-state index in [1.165, 1.54) is 24.2 Å². The summed E-state index contributed by atoms with van der Waals surface area (Å²) in [7, 11) is 0. The lowest BCUT2D eigenvalue weighted by atomic mass is 10.1. The number of nitrogens with one attached hydrogen (secondary N) is 1. The SMILES string of the molecule is N=C(N)c1sc(Cc2cccc(Cl)c2)nc1C1CC1. The molecule has 98 valence electrons. The quantitative estimate of drug-likeness (QED) is 0.668.